The molecule has 1 aliphatic rings. The molecule has 126 valence electrons. The lowest BCUT2D eigenvalue weighted by molar-refractivity contribution is -0.129. The van der Waals surface area contributed by atoms with Crippen LogP contribution in [0, 0.1) is 18.8 Å². The third kappa shape index (κ3) is 3.98. The largest absolute Gasteiger partial charge is 0.421 e. The average Bonchev–Trinajstić information content (AvgIpc) is 3.12. The van der Waals surface area contributed by atoms with Crippen LogP contribution in [-0.2, 0) is 16.0 Å². The molecule has 1 aromatic carbocycles. The summed E-state index contributed by atoms with van der Waals surface area (Å²) in [5.74, 6) is 0.838. The lowest BCUT2D eigenvalue weighted by atomic mass is 10.1. The van der Waals surface area contributed by atoms with Crippen molar-refractivity contribution in [1.29, 1.82) is 0 Å². The van der Waals surface area contributed by atoms with Gasteiger partial charge in [-0.05, 0) is 31.4 Å². The van der Waals surface area contributed by atoms with E-state index >= 15 is 0 Å². The number of nitrogens with one attached hydrogen (secondary N) is 2. The van der Waals surface area contributed by atoms with E-state index in [4.69, 9.17) is 4.42 Å². The molecule has 0 saturated heterocycles. The van der Waals surface area contributed by atoms with Gasteiger partial charge in [-0.3, -0.25) is 20.4 Å². The van der Waals surface area contributed by atoms with Gasteiger partial charge in [0.1, 0.15) is 0 Å². The highest BCUT2D eigenvalue weighted by Crippen LogP contribution is 2.37. The Kier molecular flexibility index (Phi) is 4.59. The van der Waals surface area contributed by atoms with Crippen molar-refractivity contribution in [2.24, 2.45) is 11.8 Å². The summed E-state index contributed by atoms with van der Waals surface area (Å²) in [5.41, 5.74) is 6.85. The molecule has 7 heteroatoms. The second kappa shape index (κ2) is 6.82. The smallest absolute Gasteiger partial charge is 0.247 e. The Morgan fingerprint density at radius 3 is 2.58 bits per heavy atom. The number of hydrogen-bond donors (Lipinski definition) is 2. The van der Waals surface area contributed by atoms with Crippen LogP contribution in [-0.4, -0.2) is 22.0 Å². The molecule has 0 radical (unpaired) electrons. The van der Waals surface area contributed by atoms with Crippen LogP contribution in [0.2, 0.25) is 0 Å². The van der Waals surface area contributed by atoms with Gasteiger partial charge in [-0.1, -0.05) is 24.6 Å². The predicted octanol–water partition coefficient (Wildman–Crippen LogP) is 1.78. The van der Waals surface area contributed by atoms with Crippen LogP contribution in [0.15, 0.2) is 28.7 Å². The molecule has 0 spiro atoms. The van der Waals surface area contributed by atoms with Crippen LogP contribution < -0.4 is 10.9 Å². The highest BCUT2D eigenvalue weighted by molar-refractivity contribution is 5.85. The molecule has 24 heavy (non-hydrogen) atoms. The number of nitrogens with zero attached hydrogens (tertiary/aromatic N) is 2. The van der Waals surface area contributed by atoms with E-state index in [1.807, 2.05) is 38.1 Å². The molecule has 1 fully saturated rings. The van der Waals surface area contributed by atoms with Crippen molar-refractivity contribution in [2.75, 3.05) is 0 Å². The molecular weight excluding hydrogens is 308 g/mol. The van der Waals surface area contributed by atoms with Gasteiger partial charge in [0.2, 0.25) is 23.6 Å². The topological polar surface area (TPSA) is 97.1 Å². The van der Waals surface area contributed by atoms with Crippen molar-refractivity contribution in [3.8, 4) is 11.5 Å². The van der Waals surface area contributed by atoms with E-state index in [9.17, 15) is 9.59 Å². The normalized spacial score (nSPS) is 18.9. The van der Waals surface area contributed by atoms with E-state index in [0.29, 0.717) is 24.1 Å². The second-order valence-electron chi connectivity index (χ2n) is 6.22. The van der Waals surface area contributed by atoms with Crippen LogP contribution in [0.5, 0.6) is 0 Å². The van der Waals surface area contributed by atoms with Gasteiger partial charge in [-0.15, -0.1) is 10.2 Å². The number of aromatic nitrogens is 2. The fourth-order valence-corrected chi connectivity index (χ4v) is 2.36. The molecule has 2 N–H and O–H groups in total. The van der Waals surface area contributed by atoms with Crippen LogP contribution in [0.3, 0.4) is 0 Å². The minimum absolute atomic E-state index is 0.0262. The zero-order chi connectivity index (χ0) is 17.1. The maximum absolute atomic E-state index is 11.7. The third-order valence-electron chi connectivity index (χ3n) is 4.10. The molecular formula is C17H20N4O3. The van der Waals surface area contributed by atoms with Crippen molar-refractivity contribution in [3.63, 3.8) is 0 Å². The molecule has 1 heterocycles. The average molecular weight is 328 g/mol. The predicted molar refractivity (Wildman–Crippen MR) is 86.3 cm³/mol. The molecule has 0 unspecified atom stereocenters. The van der Waals surface area contributed by atoms with Crippen molar-refractivity contribution >= 4 is 11.8 Å². The first-order valence-corrected chi connectivity index (χ1v) is 8.01. The van der Waals surface area contributed by atoms with Crippen molar-refractivity contribution in [2.45, 2.75) is 33.1 Å². The van der Waals surface area contributed by atoms with Gasteiger partial charge in [-0.25, -0.2) is 0 Å². The Morgan fingerprint density at radius 2 is 1.92 bits per heavy atom. The number of aryl methyl sites for hydroxylation is 2. The summed E-state index contributed by atoms with van der Waals surface area (Å²) in [6.45, 7) is 4.01. The monoisotopic (exact) mass is 328 g/mol. The van der Waals surface area contributed by atoms with Gasteiger partial charge in [-0.2, -0.15) is 0 Å². The molecule has 1 saturated carbocycles. The number of carbonyl (C=O) groups excluding carboxylic acids is 2. The lowest BCUT2D eigenvalue weighted by Crippen LogP contribution is -2.42. The first-order chi connectivity index (χ1) is 11.5. The summed E-state index contributed by atoms with van der Waals surface area (Å²) in [5, 5.41) is 7.94. The highest BCUT2D eigenvalue weighted by Gasteiger charge is 2.39. The van der Waals surface area contributed by atoms with E-state index in [2.05, 4.69) is 21.0 Å². The highest BCUT2D eigenvalue weighted by atomic mass is 16.4. The fraction of sp³-hybridized carbons (Fsp3) is 0.412. The fourth-order valence-electron chi connectivity index (χ4n) is 2.36. The van der Waals surface area contributed by atoms with Crippen LogP contribution >= 0.6 is 0 Å². The van der Waals surface area contributed by atoms with Gasteiger partial charge < -0.3 is 4.42 Å². The molecule has 2 aromatic rings. The van der Waals surface area contributed by atoms with Crippen LogP contribution in [0.1, 0.15) is 31.2 Å². The Bertz CT molecular complexity index is 739. The Balaban J connectivity index is 1.45. The van der Waals surface area contributed by atoms with Gasteiger partial charge in [0.05, 0.1) is 0 Å². The number of hydrazine groups is 1. The number of carbonyl (C=O) groups is 2. The van der Waals surface area contributed by atoms with E-state index in [1.54, 1.807) is 0 Å². The van der Waals surface area contributed by atoms with E-state index < -0.39 is 0 Å². The summed E-state index contributed by atoms with van der Waals surface area (Å²) in [6, 6.07) is 7.76. The van der Waals surface area contributed by atoms with Crippen LogP contribution in [0.25, 0.3) is 11.5 Å². The maximum atomic E-state index is 11.7. The Morgan fingerprint density at radius 1 is 1.21 bits per heavy atom. The first-order valence-electron chi connectivity index (χ1n) is 8.01. The molecule has 7 nitrogen and oxygen atoms in total. The lowest BCUT2D eigenvalue weighted by Gasteiger charge is -2.05. The van der Waals surface area contributed by atoms with E-state index in [-0.39, 0.29) is 24.2 Å². The minimum Gasteiger partial charge on any atom is -0.421 e. The Labute approximate surface area is 139 Å². The molecule has 0 aliphatic heterocycles. The molecule has 0 bridgehead atoms. The molecule has 2 amide bonds. The number of hydrogen-bond acceptors (Lipinski definition) is 5. The van der Waals surface area contributed by atoms with Crippen molar-refractivity contribution in [1.82, 2.24) is 21.0 Å². The number of benzene rings is 1. The molecule has 1 aliphatic carbocycles. The van der Waals surface area contributed by atoms with Crippen LogP contribution in [0.4, 0.5) is 0 Å². The first kappa shape index (κ1) is 16.2. The van der Waals surface area contributed by atoms with E-state index in [1.165, 1.54) is 0 Å². The molecule has 2 atom stereocenters. The number of rotatable bonds is 5. The zero-order valence-corrected chi connectivity index (χ0v) is 13.7. The Hall–Kier alpha value is -2.70. The minimum atomic E-state index is -0.285. The van der Waals surface area contributed by atoms with E-state index in [0.717, 1.165) is 17.5 Å². The zero-order valence-electron chi connectivity index (χ0n) is 13.7. The summed E-state index contributed by atoms with van der Waals surface area (Å²) in [6.07, 6.45) is 1.36. The quantitative estimate of drug-likeness (QED) is 0.816. The molecule has 1 aromatic heterocycles. The van der Waals surface area contributed by atoms with Gasteiger partial charge in [0, 0.05) is 24.3 Å². The SMILES string of the molecule is Cc1ccc(-c2nnc(CCC(=O)NNC(=O)[C@@H]3C[C@H]3C)o2)cc1. The standard InChI is InChI=1S/C17H20N4O3/c1-10-3-5-12(6-4-10)17-21-19-15(24-17)8-7-14(22)18-20-16(23)13-9-11(13)2/h3-6,11,13H,7-9H2,1-2H3,(H,18,22)(H,20,23)/t11-,13-/m1/s1. The third-order valence-corrected chi connectivity index (χ3v) is 4.10. The summed E-state index contributed by atoms with van der Waals surface area (Å²) in [7, 11) is 0. The summed E-state index contributed by atoms with van der Waals surface area (Å²) < 4.78 is 5.56. The van der Waals surface area contributed by atoms with Gasteiger partial charge >= 0.3 is 0 Å². The van der Waals surface area contributed by atoms with Crippen molar-refractivity contribution in [3.05, 3.63) is 35.7 Å². The maximum Gasteiger partial charge on any atom is 0.247 e. The second-order valence-corrected chi connectivity index (χ2v) is 6.22. The van der Waals surface area contributed by atoms with Gasteiger partial charge in [0.15, 0.2) is 0 Å². The summed E-state index contributed by atoms with van der Waals surface area (Å²) in [4.78, 5) is 23.4. The summed E-state index contributed by atoms with van der Waals surface area (Å²) >= 11 is 0. The van der Waals surface area contributed by atoms with Crippen molar-refractivity contribution < 1.29 is 14.0 Å². The molecule has 3 rings (SSSR count). The number of amides is 2. The van der Waals surface area contributed by atoms with Gasteiger partial charge in [0.25, 0.3) is 0 Å².